The maximum atomic E-state index is 10.6. The molecule has 0 aliphatic rings. The Labute approximate surface area is 112 Å². The Balaban J connectivity index is 2.08. The second-order valence-electron chi connectivity index (χ2n) is 3.62. The molecule has 0 spiro atoms. The highest BCUT2D eigenvalue weighted by molar-refractivity contribution is 7.89. The molecule has 0 unspecified atom stereocenters. The molecular formula is C11H16ClNO4S. The fourth-order valence-electron chi connectivity index (χ4n) is 1.19. The van der Waals surface area contributed by atoms with E-state index in [0.29, 0.717) is 24.8 Å². The van der Waals surface area contributed by atoms with Crippen LogP contribution < -0.4 is 5.14 Å². The molecule has 1 aromatic rings. The van der Waals surface area contributed by atoms with E-state index in [4.69, 9.17) is 26.2 Å². The van der Waals surface area contributed by atoms with Gasteiger partial charge in [-0.2, -0.15) is 0 Å². The molecule has 0 aromatic heterocycles. The molecule has 5 nitrogen and oxygen atoms in total. The van der Waals surface area contributed by atoms with Crippen LogP contribution in [0.3, 0.4) is 0 Å². The summed E-state index contributed by atoms with van der Waals surface area (Å²) >= 11 is 5.95. The number of ether oxygens (including phenoxy) is 2. The molecule has 2 N–H and O–H groups in total. The van der Waals surface area contributed by atoms with E-state index < -0.39 is 10.0 Å². The third kappa shape index (κ3) is 6.93. The van der Waals surface area contributed by atoms with E-state index in [1.807, 2.05) is 18.2 Å². The maximum absolute atomic E-state index is 10.6. The topological polar surface area (TPSA) is 78.6 Å². The highest BCUT2D eigenvalue weighted by Crippen LogP contribution is 2.15. The van der Waals surface area contributed by atoms with Crippen molar-refractivity contribution >= 4 is 21.6 Å². The Hall–Kier alpha value is -0.660. The Kier molecular flexibility index (Phi) is 6.59. The molecule has 0 aliphatic carbocycles. The number of sulfonamides is 1. The van der Waals surface area contributed by atoms with Crippen molar-refractivity contribution in [3.63, 3.8) is 0 Å². The van der Waals surface area contributed by atoms with Gasteiger partial charge in [0.15, 0.2) is 0 Å². The summed E-state index contributed by atoms with van der Waals surface area (Å²) in [5, 5.41) is 5.48. The lowest BCUT2D eigenvalue weighted by Crippen LogP contribution is -2.21. The van der Waals surface area contributed by atoms with Crippen LogP contribution in [0.25, 0.3) is 0 Å². The number of halogens is 1. The first-order valence-corrected chi connectivity index (χ1v) is 7.48. The van der Waals surface area contributed by atoms with E-state index in [-0.39, 0.29) is 12.4 Å². The van der Waals surface area contributed by atoms with E-state index in [0.717, 1.165) is 5.56 Å². The van der Waals surface area contributed by atoms with E-state index in [1.54, 1.807) is 6.07 Å². The SMILES string of the molecule is NS(=O)(=O)CCOCCOCc1ccccc1Cl. The molecule has 0 amide bonds. The summed E-state index contributed by atoms with van der Waals surface area (Å²) in [6, 6.07) is 7.41. The number of hydrogen-bond donors (Lipinski definition) is 1. The Morgan fingerprint density at radius 3 is 2.44 bits per heavy atom. The van der Waals surface area contributed by atoms with Gasteiger partial charge < -0.3 is 9.47 Å². The summed E-state index contributed by atoms with van der Waals surface area (Å²) in [6.07, 6.45) is 0. The van der Waals surface area contributed by atoms with Gasteiger partial charge in [0.1, 0.15) is 0 Å². The first-order chi connectivity index (χ1) is 8.49. The molecule has 18 heavy (non-hydrogen) atoms. The van der Waals surface area contributed by atoms with Gasteiger partial charge in [-0.25, -0.2) is 13.6 Å². The molecule has 0 radical (unpaired) electrons. The van der Waals surface area contributed by atoms with E-state index in [1.165, 1.54) is 0 Å². The fraction of sp³-hybridized carbons (Fsp3) is 0.455. The zero-order valence-electron chi connectivity index (χ0n) is 9.84. The van der Waals surface area contributed by atoms with Gasteiger partial charge in [0.25, 0.3) is 0 Å². The van der Waals surface area contributed by atoms with Crippen LogP contribution in [-0.4, -0.2) is 34.0 Å². The average Bonchev–Trinajstić information content (AvgIpc) is 2.28. The van der Waals surface area contributed by atoms with Crippen molar-refractivity contribution in [3.05, 3.63) is 34.9 Å². The molecule has 0 atom stereocenters. The molecule has 1 aromatic carbocycles. The lowest BCUT2D eigenvalue weighted by atomic mass is 10.2. The average molecular weight is 294 g/mol. The molecule has 7 heteroatoms. The second kappa shape index (κ2) is 7.70. The van der Waals surface area contributed by atoms with Crippen molar-refractivity contribution in [2.24, 2.45) is 5.14 Å². The van der Waals surface area contributed by atoms with Crippen molar-refractivity contribution < 1.29 is 17.9 Å². The largest absolute Gasteiger partial charge is 0.378 e. The van der Waals surface area contributed by atoms with Gasteiger partial charge in [0, 0.05) is 5.02 Å². The van der Waals surface area contributed by atoms with Gasteiger partial charge in [-0.1, -0.05) is 29.8 Å². The first-order valence-electron chi connectivity index (χ1n) is 5.38. The third-order valence-electron chi connectivity index (χ3n) is 2.10. The third-order valence-corrected chi connectivity index (χ3v) is 3.20. The monoisotopic (exact) mass is 293 g/mol. The summed E-state index contributed by atoms with van der Waals surface area (Å²) in [5.74, 6) is -0.183. The van der Waals surface area contributed by atoms with Crippen LogP contribution in [0, 0.1) is 0 Å². The minimum absolute atomic E-state index is 0.0777. The number of benzene rings is 1. The minimum atomic E-state index is -3.45. The smallest absolute Gasteiger partial charge is 0.211 e. The standard InChI is InChI=1S/C11H16ClNO4S/c12-11-4-2-1-3-10(11)9-17-6-5-16-7-8-18(13,14)15/h1-4H,5-9H2,(H2,13,14,15). The summed E-state index contributed by atoms with van der Waals surface area (Å²) < 4.78 is 31.6. The van der Waals surface area contributed by atoms with Crippen LogP contribution >= 0.6 is 11.6 Å². The molecule has 102 valence electrons. The molecule has 0 bridgehead atoms. The molecule has 0 aliphatic heterocycles. The van der Waals surface area contributed by atoms with Crippen LogP contribution in [0.5, 0.6) is 0 Å². The second-order valence-corrected chi connectivity index (χ2v) is 5.76. The van der Waals surface area contributed by atoms with Crippen molar-refractivity contribution in [2.45, 2.75) is 6.61 Å². The predicted molar refractivity (Wildman–Crippen MR) is 69.9 cm³/mol. The fourth-order valence-corrected chi connectivity index (χ4v) is 1.73. The zero-order chi connectivity index (χ0) is 13.4. The molecular weight excluding hydrogens is 278 g/mol. The Morgan fingerprint density at radius 1 is 1.11 bits per heavy atom. The lowest BCUT2D eigenvalue weighted by molar-refractivity contribution is 0.0459. The van der Waals surface area contributed by atoms with Gasteiger partial charge in [-0.15, -0.1) is 0 Å². The number of rotatable bonds is 8. The first kappa shape index (κ1) is 15.4. The van der Waals surface area contributed by atoms with Gasteiger partial charge in [-0.3, -0.25) is 0 Å². The van der Waals surface area contributed by atoms with E-state index in [2.05, 4.69) is 0 Å². The van der Waals surface area contributed by atoms with Crippen LogP contribution in [0.1, 0.15) is 5.56 Å². The van der Waals surface area contributed by atoms with Gasteiger partial charge in [0.2, 0.25) is 10.0 Å². The Morgan fingerprint density at radius 2 is 1.78 bits per heavy atom. The number of hydrogen-bond acceptors (Lipinski definition) is 4. The van der Waals surface area contributed by atoms with Crippen molar-refractivity contribution in [2.75, 3.05) is 25.6 Å². The van der Waals surface area contributed by atoms with Crippen molar-refractivity contribution in [3.8, 4) is 0 Å². The molecule has 0 fully saturated rings. The lowest BCUT2D eigenvalue weighted by Gasteiger charge is -2.06. The molecule has 1 rings (SSSR count). The molecule has 0 heterocycles. The number of nitrogens with two attached hydrogens (primary N) is 1. The van der Waals surface area contributed by atoms with Gasteiger partial charge in [-0.05, 0) is 11.6 Å². The summed E-state index contributed by atoms with van der Waals surface area (Å²) in [6.45, 7) is 1.17. The maximum Gasteiger partial charge on any atom is 0.211 e. The number of primary sulfonamides is 1. The highest BCUT2D eigenvalue weighted by Gasteiger charge is 2.02. The Bertz CT molecular complexity index is 464. The zero-order valence-corrected chi connectivity index (χ0v) is 11.4. The van der Waals surface area contributed by atoms with Crippen LogP contribution in [0.2, 0.25) is 5.02 Å². The minimum Gasteiger partial charge on any atom is -0.378 e. The van der Waals surface area contributed by atoms with E-state index >= 15 is 0 Å². The molecule has 0 saturated carbocycles. The van der Waals surface area contributed by atoms with Gasteiger partial charge in [0.05, 0.1) is 32.2 Å². The molecule has 0 saturated heterocycles. The highest BCUT2D eigenvalue weighted by atomic mass is 35.5. The van der Waals surface area contributed by atoms with Crippen LogP contribution in [0.15, 0.2) is 24.3 Å². The summed E-state index contributed by atoms with van der Waals surface area (Å²) in [5.41, 5.74) is 0.906. The predicted octanol–water partition coefficient (Wildman–Crippen LogP) is 1.16. The normalized spacial score (nSPS) is 11.7. The van der Waals surface area contributed by atoms with Crippen molar-refractivity contribution in [1.82, 2.24) is 0 Å². The van der Waals surface area contributed by atoms with Crippen LogP contribution in [-0.2, 0) is 26.1 Å². The van der Waals surface area contributed by atoms with E-state index in [9.17, 15) is 8.42 Å². The van der Waals surface area contributed by atoms with Gasteiger partial charge >= 0.3 is 0 Å². The van der Waals surface area contributed by atoms with Crippen molar-refractivity contribution in [1.29, 1.82) is 0 Å². The summed E-state index contributed by atoms with van der Waals surface area (Å²) in [7, 11) is -3.45. The summed E-state index contributed by atoms with van der Waals surface area (Å²) in [4.78, 5) is 0. The van der Waals surface area contributed by atoms with Crippen LogP contribution in [0.4, 0.5) is 0 Å². The quantitative estimate of drug-likeness (QED) is 0.730.